The van der Waals surface area contributed by atoms with Crippen molar-refractivity contribution in [2.45, 2.75) is 71.3 Å². The minimum atomic E-state index is -3.27. The fraction of sp³-hybridized carbons (Fsp3) is 0.714. The van der Waals surface area contributed by atoms with Gasteiger partial charge in [0.25, 0.3) is 0 Å². The third-order valence-corrected chi connectivity index (χ3v) is 7.85. The number of rotatable bonds is 5. The molecule has 0 bridgehead atoms. The molecule has 0 spiro atoms. The monoisotopic (exact) mass is 407 g/mol. The minimum absolute atomic E-state index is 0.0362. The van der Waals surface area contributed by atoms with E-state index < -0.39 is 10.0 Å². The molecule has 1 saturated carbocycles. The summed E-state index contributed by atoms with van der Waals surface area (Å²) in [4.78, 5) is 18.2. The first kappa shape index (κ1) is 21.2. The van der Waals surface area contributed by atoms with Gasteiger partial charge in [-0.15, -0.1) is 0 Å². The number of pyridine rings is 1. The quantitative estimate of drug-likeness (QED) is 0.753. The Kier molecular flexibility index (Phi) is 7.10. The Morgan fingerprint density at radius 2 is 1.93 bits per heavy atom. The van der Waals surface area contributed by atoms with Crippen LogP contribution in [0.4, 0.5) is 0 Å². The zero-order valence-electron chi connectivity index (χ0n) is 17.1. The summed E-state index contributed by atoms with van der Waals surface area (Å²) in [6.45, 7) is 4.68. The minimum Gasteiger partial charge on any atom is -0.274 e. The van der Waals surface area contributed by atoms with Crippen LogP contribution in [0, 0.1) is 12.8 Å². The molecule has 6 nitrogen and oxygen atoms in total. The molecule has 1 aromatic rings. The van der Waals surface area contributed by atoms with Crippen LogP contribution in [0.5, 0.6) is 0 Å². The van der Waals surface area contributed by atoms with Gasteiger partial charge in [0.05, 0.1) is 17.7 Å². The SMILES string of the molecule is CCCS(=O)(=O)N1CCC[C@@H](C(=O)n2ccc(C)cc2=NC2CCCCC2)C1. The van der Waals surface area contributed by atoms with E-state index in [0.717, 1.165) is 31.2 Å². The second kappa shape index (κ2) is 9.35. The zero-order valence-corrected chi connectivity index (χ0v) is 18.0. The van der Waals surface area contributed by atoms with E-state index >= 15 is 0 Å². The van der Waals surface area contributed by atoms with E-state index in [0.29, 0.717) is 18.5 Å². The maximum atomic E-state index is 13.3. The predicted octanol–water partition coefficient (Wildman–Crippen LogP) is 3.12. The van der Waals surface area contributed by atoms with Gasteiger partial charge in [-0.05, 0) is 56.7 Å². The lowest BCUT2D eigenvalue weighted by atomic mass is 9.96. The molecule has 7 heteroatoms. The van der Waals surface area contributed by atoms with Gasteiger partial charge in [0.15, 0.2) is 0 Å². The summed E-state index contributed by atoms with van der Waals surface area (Å²) in [5.41, 5.74) is 1.79. The van der Waals surface area contributed by atoms with Crippen LogP contribution in [0.15, 0.2) is 23.3 Å². The fourth-order valence-corrected chi connectivity index (χ4v) is 5.84. The van der Waals surface area contributed by atoms with Gasteiger partial charge >= 0.3 is 0 Å². The molecule has 28 heavy (non-hydrogen) atoms. The van der Waals surface area contributed by atoms with Crippen molar-refractivity contribution in [2.24, 2.45) is 10.9 Å². The summed E-state index contributed by atoms with van der Waals surface area (Å²) in [6, 6.07) is 4.18. The smallest absolute Gasteiger partial charge is 0.236 e. The number of carbonyl (C=O) groups is 1. The molecule has 1 saturated heterocycles. The van der Waals surface area contributed by atoms with Gasteiger partial charge in [0.2, 0.25) is 15.9 Å². The van der Waals surface area contributed by atoms with Gasteiger partial charge in [0, 0.05) is 19.3 Å². The largest absolute Gasteiger partial charge is 0.274 e. The number of sulfonamides is 1. The molecule has 1 aliphatic carbocycles. The van der Waals surface area contributed by atoms with Gasteiger partial charge in [-0.1, -0.05) is 26.2 Å². The first-order chi connectivity index (χ1) is 13.4. The van der Waals surface area contributed by atoms with E-state index in [1.807, 2.05) is 26.0 Å². The Labute approximate surface area is 168 Å². The van der Waals surface area contributed by atoms with E-state index in [1.165, 1.54) is 23.6 Å². The molecule has 2 aliphatic rings. The van der Waals surface area contributed by atoms with Gasteiger partial charge in [-0.2, -0.15) is 0 Å². The lowest BCUT2D eigenvalue weighted by Crippen LogP contribution is -2.45. The third kappa shape index (κ3) is 5.11. The first-order valence-corrected chi connectivity index (χ1v) is 12.3. The number of nitrogens with zero attached hydrogens (tertiary/aromatic N) is 3. The third-order valence-electron chi connectivity index (χ3n) is 5.81. The van der Waals surface area contributed by atoms with Crippen LogP contribution in [-0.2, 0) is 10.0 Å². The molecule has 1 aliphatic heterocycles. The molecule has 0 aromatic carbocycles. The Morgan fingerprint density at radius 3 is 2.64 bits per heavy atom. The Hall–Kier alpha value is -1.47. The van der Waals surface area contributed by atoms with E-state index in [4.69, 9.17) is 4.99 Å². The molecule has 3 rings (SSSR count). The highest BCUT2D eigenvalue weighted by atomic mass is 32.2. The molecular formula is C21H33N3O3S. The Morgan fingerprint density at radius 1 is 1.18 bits per heavy atom. The number of hydrogen-bond donors (Lipinski definition) is 0. The van der Waals surface area contributed by atoms with Crippen LogP contribution in [-0.4, -0.2) is 48.1 Å². The van der Waals surface area contributed by atoms with E-state index in [-0.39, 0.29) is 30.2 Å². The molecule has 1 atom stereocenters. The molecule has 156 valence electrons. The summed E-state index contributed by atoms with van der Waals surface area (Å²) < 4.78 is 28.1. The predicted molar refractivity (Wildman–Crippen MR) is 111 cm³/mol. The number of aryl methyl sites for hydroxylation is 1. The van der Waals surface area contributed by atoms with Crippen molar-refractivity contribution in [2.75, 3.05) is 18.8 Å². The van der Waals surface area contributed by atoms with Gasteiger partial charge in [-0.3, -0.25) is 14.4 Å². The average Bonchev–Trinajstić information content (AvgIpc) is 2.68. The molecule has 0 amide bonds. The molecule has 2 fully saturated rings. The van der Waals surface area contributed by atoms with Crippen LogP contribution < -0.4 is 5.49 Å². The maximum Gasteiger partial charge on any atom is 0.236 e. The number of piperidine rings is 1. The highest BCUT2D eigenvalue weighted by Gasteiger charge is 2.32. The second-order valence-electron chi connectivity index (χ2n) is 8.20. The lowest BCUT2D eigenvalue weighted by Gasteiger charge is -2.31. The highest BCUT2D eigenvalue weighted by Crippen LogP contribution is 2.22. The van der Waals surface area contributed by atoms with Crippen LogP contribution in [0.1, 0.15) is 68.6 Å². The van der Waals surface area contributed by atoms with Crippen molar-refractivity contribution in [1.29, 1.82) is 0 Å². The first-order valence-electron chi connectivity index (χ1n) is 10.7. The summed E-state index contributed by atoms with van der Waals surface area (Å²) in [7, 11) is -3.27. The molecule has 0 N–H and O–H groups in total. The topological polar surface area (TPSA) is 71.7 Å². The van der Waals surface area contributed by atoms with Crippen LogP contribution >= 0.6 is 0 Å². The van der Waals surface area contributed by atoms with Gasteiger partial charge in [0.1, 0.15) is 5.49 Å². The summed E-state index contributed by atoms with van der Waals surface area (Å²) >= 11 is 0. The second-order valence-corrected chi connectivity index (χ2v) is 10.3. The summed E-state index contributed by atoms with van der Waals surface area (Å²) in [6.07, 6.45) is 9.66. The van der Waals surface area contributed by atoms with Gasteiger partial charge < -0.3 is 0 Å². The zero-order chi connectivity index (χ0) is 20.1. The molecular weight excluding hydrogens is 374 g/mol. The van der Waals surface area contributed by atoms with Crippen molar-refractivity contribution < 1.29 is 13.2 Å². The molecule has 2 heterocycles. The van der Waals surface area contributed by atoms with Crippen LogP contribution in [0.3, 0.4) is 0 Å². The number of aromatic nitrogens is 1. The van der Waals surface area contributed by atoms with Crippen LogP contribution in [0.2, 0.25) is 0 Å². The van der Waals surface area contributed by atoms with E-state index in [2.05, 4.69) is 0 Å². The summed E-state index contributed by atoms with van der Waals surface area (Å²) in [5, 5.41) is 0. The number of hydrogen-bond acceptors (Lipinski definition) is 4. The highest BCUT2D eigenvalue weighted by molar-refractivity contribution is 7.89. The van der Waals surface area contributed by atoms with Gasteiger partial charge in [-0.25, -0.2) is 12.7 Å². The van der Waals surface area contributed by atoms with Crippen molar-refractivity contribution in [3.8, 4) is 0 Å². The van der Waals surface area contributed by atoms with Crippen molar-refractivity contribution in [1.82, 2.24) is 8.87 Å². The Balaban J connectivity index is 1.85. The Bertz CT molecular complexity index is 854. The maximum absolute atomic E-state index is 13.3. The molecule has 0 radical (unpaired) electrons. The van der Waals surface area contributed by atoms with E-state index in [9.17, 15) is 13.2 Å². The molecule has 0 unspecified atom stereocenters. The fourth-order valence-electron chi connectivity index (χ4n) is 4.25. The average molecular weight is 408 g/mol. The van der Waals surface area contributed by atoms with E-state index in [1.54, 1.807) is 10.8 Å². The number of carbonyl (C=O) groups excluding carboxylic acids is 1. The summed E-state index contributed by atoms with van der Waals surface area (Å²) in [5.74, 6) is -0.201. The standard InChI is InChI=1S/C21H33N3O3S/c1-3-14-28(26,27)23-12-7-8-18(16-23)21(25)24-13-11-17(2)15-20(24)22-19-9-5-4-6-10-19/h11,13,15,18-19H,3-10,12,14,16H2,1-2H3/t18-/m1/s1. The normalized spacial score (nSPS) is 23.1. The van der Waals surface area contributed by atoms with Crippen molar-refractivity contribution in [3.05, 3.63) is 29.4 Å². The lowest BCUT2D eigenvalue weighted by molar-refractivity contribution is 0.0778. The molecule has 1 aromatic heterocycles. The van der Waals surface area contributed by atoms with Crippen LogP contribution in [0.25, 0.3) is 0 Å². The van der Waals surface area contributed by atoms with Crippen molar-refractivity contribution in [3.63, 3.8) is 0 Å². The van der Waals surface area contributed by atoms with Crippen molar-refractivity contribution >= 4 is 15.9 Å².